The van der Waals surface area contributed by atoms with Gasteiger partial charge in [-0.3, -0.25) is 0 Å². The minimum absolute atomic E-state index is 0.568. The van der Waals surface area contributed by atoms with Crippen LogP contribution in [0.25, 0.3) is 0 Å². The zero-order valence-corrected chi connectivity index (χ0v) is 10.0. The van der Waals surface area contributed by atoms with Crippen LogP contribution in [-0.4, -0.2) is 17.8 Å². The van der Waals surface area contributed by atoms with Crippen molar-refractivity contribution < 1.29 is 15.6 Å². The normalized spacial score (nSPS) is 12.3. The van der Waals surface area contributed by atoms with Crippen molar-refractivity contribution in [1.82, 2.24) is 0 Å². The van der Waals surface area contributed by atoms with E-state index in [9.17, 15) is 9.90 Å². The molecule has 88 valence electrons. The van der Waals surface area contributed by atoms with Gasteiger partial charge in [0.05, 0.1) is 5.97 Å². The summed E-state index contributed by atoms with van der Waals surface area (Å²) in [6.45, 7) is 0. The summed E-state index contributed by atoms with van der Waals surface area (Å²) in [6.07, 6.45) is 2.51. The molecule has 0 aliphatic heterocycles. The van der Waals surface area contributed by atoms with E-state index in [1.165, 1.54) is 4.90 Å². The van der Waals surface area contributed by atoms with Crippen LogP contribution in [0.4, 0.5) is 0 Å². The maximum Gasteiger partial charge on any atom is 0.124 e. The average Bonchev–Trinajstić information content (AvgIpc) is 2.29. The van der Waals surface area contributed by atoms with Crippen LogP contribution in [0.15, 0.2) is 35.2 Å². The Balaban J connectivity index is 2.07. The number of quaternary nitrogens is 1. The minimum Gasteiger partial charge on any atom is -0.544 e. The van der Waals surface area contributed by atoms with Crippen LogP contribution in [0.2, 0.25) is 0 Å². The van der Waals surface area contributed by atoms with Crippen molar-refractivity contribution in [2.45, 2.75) is 30.2 Å². The highest BCUT2D eigenvalue weighted by molar-refractivity contribution is 7.99. The molecule has 1 aromatic rings. The van der Waals surface area contributed by atoms with Crippen LogP contribution in [0.3, 0.4) is 0 Å². The summed E-state index contributed by atoms with van der Waals surface area (Å²) in [5.41, 5.74) is 3.52. The summed E-state index contributed by atoms with van der Waals surface area (Å²) in [7, 11) is 0. The Hall–Kier alpha value is -1.00. The van der Waals surface area contributed by atoms with Gasteiger partial charge >= 0.3 is 0 Å². The van der Waals surface area contributed by atoms with Crippen LogP contribution in [0.5, 0.6) is 0 Å². The molecule has 0 aliphatic rings. The molecule has 0 bridgehead atoms. The van der Waals surface area contributed by atoms with Crippen LogP contribution >= 0.6 is 11.8 Å². The summed E-state index contributed by atoms with van der Waals surface area (Å²) >= 11 is 1.80. The van der Waals surface area contributed by atoms with Crippen molar-refractivity contribution in [3.05, 3.63) is 30.3 Å². The molecule has 1 atom stereocenters. The summed E-state index contributed by atoms with van der Waals surface area (Å²) in [4.78, 5) is 11.7. The molecule has 1 rings (SSSR count). The Kier molecular flexibility index (Phi) is 5.96. The highest BCUT2D eigenvalue weighted by Crippen LogP contribution is 2.18. The monoisotopic (exact) mass is 239 g/mol. The number of hydrogen-bond donors (Lipinski definition) is 1. The number of thioether (sulfide) groups is 1. The Morgan fingerprint density at radius 2 is 2.00 bits per heavy atom. The lowest BCUT2D eigenvalue weighted by Gasteiger charge is -2.08. The van der Waals surface area contributed by atoms with E-state index in [4.69, 9.17) is 0 Å². The molecule has 0 amide bonds. The maximum absolute atomic E-state index is 10.4. The molecule has 0 saturated carbocycles. The van der Waals surface area contributed by atoms with E-state index in [0.717, 1.165) is 18.6 Å². The summed E-state index contributed by atoms with van der Waals surface area (Å²) < 4.78 is 0. The van der Waals surface area contributed by atoms with E-state index in [1.807, 2.05) is 18.2 Å². The lowest BCUT2D eigenvalue weighted by molar-refractivity contribution is -0.438. The zero-order chi connectivity index (χ0) is 11.8. The number of carbonyl (C=O) groups excluding carboxylic acids is 1. The lowest BCUT2D eigenvalue weighted by atomic mass is 10.1. The highest BCUT2D eigenvalue weighted by Gasteiger charge is 2.05. The Bertz CT molecular complexity index is 316. The Labute approximate surface area is 100 Å². The number of carboxylic acids is 1. The van der Waals surface area contributed by atoms with Crippen LogP contribution in [0, 0.1) is 0 Å². The molecule has 16 heavy (non-hydrogen) atoms. The van der Waals surface area contributed by atoms with E-state index in [-0.39, 0.29) is 0 Å². The predicted octanol–water partition coefficient (Wildman–Crippen LogP) is 0.309. The van der Waals surface area contributed by atoms with Crippen molar-refractivity contribution in [3.63, 3.8) is 0 Å². The Morgan fingerprint density at radius 1 is 1.31 bits per heavy atom. The van der Waals surface area contributed by atoms with E-state index >= 15 is 0 Å². The lowest BCUT2D eigenvalue weighted by Crippen LogP contribution is -2.68. The first kappa shape index (κ1) is 13.1. The van der Waals surface area contributed by atoms with Gasteiger partial charge in [0.15, 0.2) is 0 Å². The largest absolute Gasteiger partial charge is 0.544 e. The highest BCUT2D eigenvalue weighted by atomic mass is 32.2. The fourth-order valence-electron chi connectivity index (χ4n) is 1.32. The first-order valence-electron chi connectivity index (χ1n) is 5.42. The molecule has 0 radical (unpaired) electrons. The number of rotatable bonds is 7. The summed E-state index contributed by atoms with van der Waals surface area (Å²) in [5, 5.41) is 10.4. The van der Waals surface area contributed by atoms with Gasteiger partial charge in [-0.1, -0.05) is 18.2 Å². The number of benzene rings is 1. The number of carbonyl (C=O) groups is 1. The van der Waals surface area contributed by atoms with Crippen molar-refractivity contribution >= 4 is 17.7 Å². The summed E-state index contributed by atoms with van der Waals surface area (Å²) in [5.74, 6) is -0.0280. The SMILES string of the molecule is [NH3+]C(CCCCSc1ccccc1)C(=O)[O-]. The molecule has 0 saturated heterocycles. The van der Waals surface area contributed by atoms with Gasteiger partial charge in [0.1, 0.15) is 6.04 Å². The van der Waals surface area contributed by atoms with Gasteiger partial charge in [-0.05, 0) is 30.7 Å². The van der Waals surface area contributed by atoms with Gasteiger partial charge in [0.2, 0.25) is 0 Å². The molecule has 0 aliphatic carbocycles. The average molecular weight is 239 g/mol. The van der Waals surface area contributed by atoms with Gasteiger partial charge < -0.3 is 15.6 Å². The number of unbranched alkanes of at least 4 members (excludes halogenated alkanes) is 1. The smallest absolute Gasteiger partial charge is 0.124 e. The van der Waals surface area contributed by atoms with Crippen molar-refractivity contribution in [1.29, 1.82) is 0 Å². The van der Waals surface area contributed by atoms with Gasteiger partial charge in [-0.15, -0.1) is 11.8 Å². The first-order valence-corrected chi connectivity index (χ1v) is 6.40. The molecule has 0 fully saturated rings. The molecule has 3 N–H and O–H groups in total. The molecule has 0 aromatic heterocycles. The van der Waals surface area contributed by atoms with E-state index in [0.29, 0.717) is 6.42 Å². The molecule has 3 nitrogen and oxygen atoms in total. The van der Waals surface area contributed by atoms with E-state index in [1.54, 1.807) is 11.8 Å². The Morgan fingerprint density at radius 3 is 2.62 bits per heavy atom. The van der Waals surface area contributed by atoms with Gasteiger partial charge in [-0.2, -0.15) is 0 Å². The fourth-order valence-corrected chi connectivity index (χ4v) is 2.25. The van der Waals surface area contributed by atoms with Gasteiger partial charge in [0.25, 0.3) is 0 Å². The van der Waals surface area contributed by atoms with Crippen LogP contribution < -0.4 is 10.8 Å². The third-order valence-electron chi connectivity index (χ3n) is 2.29. The topological polar surface area (TPSA) is 67.8 Å². The van der Waals surface area contributed by atoms with Crippen molar-refractivity contribution in [2.24, 2.45) is 0 Å². The second-order valence-corrected chi connectivity index (χ2v) is 4.84. The van der Waals surface area contributed by atoms with Crippen molar-refractivity contribution in [2.75, 3.05) is 5.75 Å². The zero-order valence-electron chi connectivity index (χ0n) is 9.22. The molecule has 1 unspecified atom stereocenters. The minimum atomic E-state index is -1.05. The maximum atomic E-state index is 10.4. The number of aliphatic carboxylic acids is 1. The van der Waals surface area contributed by atoms with Crippen molar-refractivity contribution in [3.8, 4) is 0 Å². The second-order valence-electron chi connectivity index (χ2n) is 3.67. The molecular formula is C12H17NO2S. The quantitative estimate of drug-likeness (QED) is 0.550. The van der Waals surface area contributed by atoms with Crippen LogP contribution in [-0.2, 0) is 4.79 Å². The molecule has 0 heterocycles. The third-order valence-corrected chi connectivity index (χ3v) is 3.39. The summed E-state index contributed by atoms with van der Waals surface area (Å²) in [6, 6.07) is 9.62. The number of hydrogen-bond acceptors (Lipinski definition) is 3. The van der Waals surface area contributed by atoms with Gasteiger partial charge in [0, 0.05) is 11.3 Å². The third kappa shape index (κ3) is 5.19. The number of carboxylic acid groups (broad SMARTS) is 1. The second kappa shape index (κ2) is 7.30. The van der Waals surface area contributed by atoms with Gasteiger partial charge in [-0.25, -0.2) is 0 Å². The fraction of sp³-hybridized carbons (Fsp3) is 0.417. The standard InChI is InChI=1S/C12H17NO2S/c13-11(12(14)15)8-4-5-9-16-10-6-2-1-3-7-10/h1-3,6-7,11H,4-5,8-9,13H2,(H,14,15). The molecule has 4 heteroatoms. The predicted molar refractivity (Wildman–Crippen MR) is 62.7 cm³/mol. The first-order chi connectivity index (χ1) is 7.70. The van der Waals surface area contributed by atoms with Crippen LogP contribution in [0.1, 0.15) is 19.3 Å². The molecule has 1 aromatic carbocycles. The van der Waals surface area contributed by atoms with E-state index < -0.39 is 12.0 Å². The molecular weight excluding hydrogens is 222 g/mol. The molecule has 0 spiro atoms. The van der Waals surface area contributed by atoms with E-state index in [2.05, 4.69) is 17.9 Å².